The molecule has 0 bridgehead atoms. The van der Waals surface area contributed by atoms with Crippen molar-refractivity contribution in [1.29, 1.82) is 0 Å². The monoisotopic (exact) mass is 792 g/mol. The van der Waals surface area contributed by atoms with Crippen molar-refractivity contribution in [1.82, 2.24) is 9.48 Å². The quantitative estimate of drug-likeness (QED) is 0.142. The molecule has 0 saturated carbocycles. The van der Waals surface area contributed by atoms with Crippen LogP contribution in [0.5, 0.6) is 0 Å². The Kier molecular flexibility index (Phi) is 12.1. The van der Waals surface area contributed by atoms with Gasteiger partial charge in [0.1, 0.15) is 18.9 Å². The van der Waals surface area contributed by atoms with Gasteiger partial charge in [-0.25, -0.2) is 4.58 Å². The summed E-state index contributed by atoms with van der Waals surface area (Å²) in [5, 5.41) is 2.12. The maximum absolute atomic E-state index is 14.3. The third kappa shape index (κ3) is 9.73. The molecule has 2 aliphatic heterocycles. The minimum absolute atomic E-state index is 0.120. The first-order chi connectivity index (χ1) is 25.9. The number of carbonyl (C=O) groups is 2. The molecule has 0 unspecified atom stereocenters. The Morgan fingerprint density at radius 3 is 2.27 bits per heavy atom. The number of nitrogens with zero attached hydrogens (tertiary/aromatic N) is 3. The summed E-state index contributed by atoms with van der Waals surface area (Å²) in [6.45, 7) is 8.73. The van der Waals surface area contributed by atoms with Gasteiger partial charge in [0.15, 0.2) is 0 Å². The predicted molar refractivity (Wildman–Crippen MR) is 216 cm³/mol. The van der Waals surface area contributed by atoms with Crippen LogP contribution in [0.4, 0.5) is 5.69 Å². The summed E-state index contributed by atoms with van der Waals surface area (Å²) >= 11 is 0. The van der Waals surface area contributed by atoms with Gasteiger partial charge in [0.25, 0.3) is 26.1 Å². The maximum Gasteiger partial charge on any atom is 0.265 e. The van der Waals surface area contributed by atoms with Crippen LogP contribution in [0.1, 0.15) is 103 Å². The summed E-state index contributed by atoms with van der Waals surface area (Å²) in [7, 11) is -6.35. The molecule has 296 valence electrons. The number of hydrogen-bond acceptors (Lipinski definition) is 7. The van der Waals surface area contributed by atoms with Crippen molar-refractivity contribution >= 4 is 43.2 Å². The number of benzene rings is 3. The Balaban J connectivity index is 1.47. The molecule has 2 heterocycles. The van der Waals surface area contributed by atoms with Gasteiger partial charge in [0, 0.05) is 74.2 Å². The molecule has 0 saturated heterocycles. The lowest BCUT2D eigenvalue weighted by molar-refractivity contribution is -0.126. The summed E-state index contributed by atoms with van der Waals surface area (Å²) < 4.78 is 67.0. The van der Waals surface area contributed by atoms with Crippen molar-refractivity contribution in [2.75, 3.05) is 56.2 Å². The highest BCUT2D eigenvalue weighted by Crippen LogP contribution is 2.38. The molecule has 1 aliphatic carbocycles. The van der Waals surface area contributed by atoms with E-state index in [1.54, 1.807) is 11.9 Å². The molecule has 1 amide bonds. The van der Waals surface area contributed by atoms with E-state index in [1.807, 2.05) is 45.0 Å². The van der Waals surface area contributed by atoms with Crippen molar-refractivity contribution in [3.8, 4) is 0 Å². The number of fused-ring (bicyclic) bond motifs is 4. The van der Waals surface area contributed by atoms with Crippen LogP contribution in [0.3, 0.4) is 0 Å². The van der Waals surface area contributed by atoms with Gasteiger partial charge in [0.05, 0.1) is 11.5 Å². The fraction of sp³-hybridized carbons (Fsp3) is 0.500. The second kappa shape index (κ2) is 16.3. The van der Waals surface area contributed by atoms with Gasteiger partial charge in [-0.2, -0.15) is 16.8 Å². The van der Waals surface area contributed by atoms with Gasteiger partial charge in [0.2, 0.25) is 5.36 Å². The number of hydrogen-bond donors (Lipinski definition) is 2. The lowest BCUT2D eigenvalue weighted by atomic mass is 9.79. The SMILES string of the molecule is CN(CCCC(=O)C(C)(C)C)C(=O)c1ccccc1C1=c2cc3c(cc2Cc2cc4c(cc21)CCCN4CCCS(=O)(=O)O)=[N+](CCCS(=O)(=O)O)CCC3. The average Bonchev–Trinajstić information content (AvgIpc) is 3.11. The molecule has 0 atom stereocenters. The first kappa shape index (κ1) is 40.7. The molecule has 6 rings (SSSR count). The van der Waals surface area contributed by atoms with E-state index >= 15 is 0 Å². The summed E-state index contributed by atoms with van der Waals surface area (Å²) in [6.07, 6.45) is 5.74. The van der Waals surface area contributed by atoms with Crippen LogP contribution in [-0.4, -0.2) is 93.8 Å². The van der Waals surface area contributed by atoms with Crippen LogP contribution in [-0.2, 0) is 44.3 Å². The first-order valence-corrected chi connectivity index (χ1v) is 22.6. The van der Waals surface area contributed by atoms with E-state index in [2.05, 4.69) is 33.7 Å². The number of carbonyl (C=O) groups excluding carboxylic acids is 2. The average molecular weight is 793 g/mol. The standard InChI is InChI=1S/C42H53N3O8S2/c1-42(2,3)39(46)16-9-17-43(4)41(47)34-15-6-5-14-33(34)40-35-25-29-12-7-18-44(20-10-22-54(48,49)50)37(29)27-31(35)24-32-28-38-30(26-36(32)40)13-8-19-45(38)21-11-23-55(51,52)53/h5-6,14-15,25-28H,7-13,16-24H2,1-4H3,(H-,48,49,50,51,52,53)/p+1. The van der Waals surface area contributed by atoms with E-state index < -0.39 is 25.7 Å². The summed E-state index contributed by atoms with van der Waals surface area (Å²) in [6, 6.07) is 16.7. The summed E-state index contributed by atoms with van der Waals surface area (Å²) in [5.41, 5.74) is 8.57. The molecular weight excluding hydrogens is 739 g/mol. The highest BCUT2D eigenvalue weighted by atomic mass is 32.2. The normalized spacial score (nSPS) is 15.6. The Bertz CT molecular complexity index is 2350. The van der Waals surface area contributed by atoms with E-state index in [9.17, 15) is 35.5 Å². The van der Waals surface area contributed by atoms with E-state index in [0.717, 1.165) is 94.0 Å². The summed E-state index contributed by atoms with van der Waals surface area (Å²) in [5.74, 6) is -0.550. The van der Waals surface area contributed by atoms with E-state index in [4.69, 9.17) is 0 Å². The molecule has 11 nitrogen and oxygen atoms in total. The Morgan fingerprint density at radius 1 is 0.836 bits per heavy atom. The molecule has 13 heteroatoms. The Morgan fingerprint density at radius 2 is 1.55 bits per heavy atom. The predicted octanol–water partition coefficient (Wildman–Crippen LogP) is 4.05. The van der Waals surface area contributed by atoms with Gasteiger partial charge >= 0.3 is 0 Å². The third-order valence-electron chi connectivity index (χ3n) is 11.1. The number of Topliss-reactive ketones (excluding diaryl/α,β-unsaturated/α-hetero) is 1. The second-order valence-electron chi connectivity index (χ2n) is 16.3. The lowest BCUT2D eigenvalue weighted by Gasteiger charge is -2.34. The zero-order chi connectivity index (χ0) is 39.7. The number of rotatable bonds is 14. The van der Waals surface area contributed by atoms with Crippen molar-refractivity contribution in [2.24, 2.45) is 5.41 Å². The van der Waals surface area contributed by atoms with Crippen LogP contribution < -0.4 is 20.1 Å². The van der Waals surface area contributed by atoms with Gasteiger partial charge in [-0.15, -0.1) is 0 Å². The van der Waals surface area contributed by atoms with Crippen molar-refractivity contribution < 1.29 is 35.5 Å². The van der Waals surface area contributed by atoms with Crippen LogP contribution in [0, 0.1) is 5.41 Å². The van der Waals surface area contributed by atoms with Gasteiger partial charge in [-0.3, -0.25) is 18.7 Å². The number of amides is 1. The smallest absolute Gasteiger partial charge is 0.265 e. The second-order valence-corrected chi connectivity index (χ2v) is 19.5. The molecule has 0 radical (unpaired) electrons. The fourth-order valence-corrected chi connectivity index (χ4v) is 9.28. The Hall–Kier alpha value is -3.91. The molecule has 3 aliphatic rings. The fourth-order valence-electron chi connectivity index (χ4n) is 8.29. The number of aryl methyl sites for hydroxylation is 2. The minimum Gasteiger partial charge on any atom is -0.371 e. The van der Waals surface area contributed by atoms with E-state index in [0.29, 0.717) is 57.3 Å². The van der Waals surface area contributed by atoms with Crippen LogP contribution in [0.15, 0.2) is 48.5 Å². The van der Waals surface area contributed by atoms with Crippen molar-refractivity contribution in [2.45, 2.75) is 78.6 Å². The van der Waals surface area contributed by atoms with Gasteiger partial charge in [-0.05, 0) is 101 Å². The molecule has 3 aromatic rings. The molecule has 0 spiro atoms. The number of anilines is 1. The molecule has 55 heavy (non-hydrogen) atoms. The molecular formula is C42H54N3O8S2+. The lowest BCUT2D eigenvalue weighted by Crippen LogP contribution is -2.41. The topological polar surface area (TPSA) is 152 Å². The maximum atomic E-state index is 14.3. The highest BCUT2D eigenvalue weighted by molar-refractivity contribution is 7.86. The molecule has 0 aromatic heterocycles. The Labute approximate surface area is 325 Å². The van der Waals surface area contributed by atoms with Crippen molar-refractivity contribution in [3.05, 3.63) is 98.1 Å². The summed E-state index contributed by atoms with van der Waals surface area (Å²) in [4.78, 5) is 30.8. The third-order valence-corrected chi connectivity index (χ3v) is 12.7. The highest BCUT2D eigenvalue weighted by Gasteiger charge is 2.29. The molecule has 2 N–H and O–H groups in total. The zero-order valence-corrected chi connectivity index (χ0v) is 34.1. The minimum atomic E-state index is -4.07. The van der Waals surface area contributed by atoms with E-state index in [-0.39, 0.29) is 23.2 Å². The van der Waals surface area contributed by atoms with Crippen LogP contribution >= 0.6 is 0 Å². The van der Waals surface area contributed by atoms with Gasteiger partial charge in [-0.1, -0.05) is 39.0 Å². The van der Waals surface area contributed by atoms with E-state index in [1.165, 1.54) is 0 Å². The molecule has 3 aromatic carbocycles. The van der Waals surface area contributed by atoms with Crippen LogP contribution in [0.2, 0.25) is 0 Å². The molecule has 0 fully saturated rings. The largest absolute Gasteiger partial charge is 0.371 e. The number of ketones is 1. The van der Waals surface area contributed by atoms with Crippen molar-refractivity contribution in [3.63, 3.8) is 0 Å². The zero-order valence-electron chi connectivity index (χ0n) is 32.4. The first-order valence-electron chi connectivity index (χ1n) is 19.4. The van der Waals surface area contributed by atoms with Gasteiger partial charge < -0.3 is 9.80 Å². The van der Waals surface area contributed by atoms with Crippen LogP contribution in [0.25, 0.3) is 5.57 Å².